The maximum atomic E-state index is 12.9. The Morgan fingerprint density at radius 1 is 1.06 bits per heavy atom. The highest BCUT2D eigenvalue weighted by molar-refractivity contribution is 5.95. The molecule has 0 spiro atoms. The second-order valence-electron chi connectivity index (χ2n) is 9.22. The fourth-order valence-electron chi connectivity index (χ4n) is 4.23. The zero-order chi connectivity index (χ0) is 22.8. The quantitative estimate of drug-likeness (QED) is 0.771. The number of carbonyl (C=O) groups is 3. The van der Waals surface area contributed by atoms with Gasteiger partial charge in [-0.1, -0.05) is 0 Å². The van der Waals surface area contributed by atoms with Crippen molar-refractivity contribution in [1.82, 2.24) is 15.1 Å². The van der Waals surface area contributed by atoms with Gasteiger partial charge in [0, 0.05) is 43.2 Å². The van der Waals surface area contributed by atoms with Crippen molar-refractivity contribution in [3.63, 3.8) is 0 Å². The molecule has 2 saturated heterocycles. The summed E-state index contributed by atoms with van der Waals surface area (Å²) in [6.07, 6.45) is 1.64. The van der Waals surface area contributed by atoms with E-state index in [-0.39, 0.29) is 41.6 Å². The lowest BCUT2D eigenvalue weighted by Crippen LogP contribution is -2.48. The Morgan fingerprint density at radius 3 is 2.26 bits per heavy atom. The van der Waals surface area contributed by atoms with E-state index < -0.39 is 0 Å². The number of hydrogen-bond donors (Lipinski definition) is 1. The van der Waals surface area contributed by atoms with Crippen molar-refractivity contribution >= 4 is 17.7 Å². The maximum Gasteiger partial charge on any atom is 0.253 e. The van der Waals surface area contributed by atoms with E-state index in [0.717, 1.165) is 0 Å². The molecule has 1 unspecified atom stereocenters. The van der Waals surface area contributed by atoms with Gasteiger partial charge in [-0.25, -0.2) is 0 Å². The highest BCUT2D eigenvalue weighted by Gasteiger charge is 2.40. The molecule has 2 heterocycles. The van der Waals surface area contributed by atoms with Gasteiger partial charge in [0.25, 0.3) is 5.91 Å². The highest BCUT2D eigenvalue weighted by Crippen LogP contribution is 2.29. The van der Waals surface area contributed by atoms with Crippen LogP contribution in [0, 0.1) is 5.92 Å². The Bertz CT molecular complexity index is 840. The predicted molar refractivity (Wildman–Crippen MR) is 116 cm³/mol. The Balaban J connectivity index is 1.52. The van der Waals surface area contributed by atoms with Gasteiger partial charge >= 0.3 is 0 Å². The number of ether oxygens (including phenoxy) is 2. The fourth-order valence-corrected chi connectivity index (χ4v) is 4.23. The third-order valence-electron chi connectivity index (χ3n) is 6.06. The molecule has 0 radical (unpaired) electrons. The molecule has 1 atom stereocenters. The zero-order valence-corrected chi connectivity index (χ0v) is 19.1. The van der Waals surface area contributed by atoms with Crippen LogP contribution in [0.5, 0.6) is 11.5 Å². The van der Waals surface area contributed by atoms with Gasteiger partial charge in [0.05, 0.1) is 20.1 Å². The number of benzene rings is 1. The summed E-state index contributed by atoms with van der Waals surface area (Å²) in [7, 11) is 3.10. The number of nitrogens with one attached hydrogen (secondary N) is 1. The molecule has 31 heavy (non-hydrogen) atoms. The van der Waals surface area contributed by atoms with Crippen LogP contribution in [0.15, 0.2) is 18.2 Å². The first-order chi connectivity index (χ1) is 14.6. The summed E-state index contributed by atoms with van der Waals surface area (Å²) in [6.45, 7) is 7.54. The lowest BCUT2D eigenvalue weighted by molar-refractivity contribution is -0.132. The van der Waals surface area contributed by atoms with Gasteiger partial charge in [0.1, 0.15) is 0 Å². The number of rotatable bonds is 5. The minimum atomic E-state index is -0.307. The van der Waals surface area contributed by atoms with Crippen LogP contribution in [0.1, 0.15) is 50.4 Å². The summed E-state index contributed by atoms with van der Waals surface area (Å²) in [5, 5.41) is 3.09. The van der Waals surface area contributed by atoms with Crippen LogP contribution >= 0.6 is 0 Å². The molecule has 170 valence electrons. The summed E-state index contributed by atoms with van der Waals surface area (Å²) in [5.41, 5.74) is 0.272. The Morgan fingerprint density at radius 2 is 1.71 bits per heavy atom. The topological polar surface area (TPSA) is 88.2 Å². The number of amides is 3. The minimum Gasteiger partial charge on any atom is -0.493 e. The second-order valence-corrected chi connectivity index (χ2v) is 9.22. The van der Waals surface area contributed by atoms with Gasteiger partial charge < -0.3 is 24.6 Å². The first kappa shape index (κ1) is 22.9. The first-order valence-corrected chi connectivity index (χ1v) is 10.8. The molecule has 0 aromatic heterocycles. The van der Waals surface area contributed by atoms with Crippen LogP contribution in [-0.2, 0) is 9.59 Å². The van der Waals surface area contributed by atoms with Crippen LogP contribution in [0.25, 0.3) is 0 Å². The Hall–Kier alpha value is -2.77. The number of methoxy groups -OCH3 is 2. The minimum absolute atomic E-state index is 0.0146. The van der Waals surface area contributed by atoms with Crippen molar-refractivity contribution in [1.29, 1.82) is 0 Å². The molecular weight excluding hydrogens is 398 g/mol. The van der Waals surface area contributed by atoms with E-state index in [4.69, 9.17) is 9.47 Å². The van der Waals surface area contributed by atoms with Crippen molar-refractivity contribution in [2.45, 2.75) is 51.6 Å². The smallest absolute Gasteiger partial charge is 0.253 e. The van der Waals surface area contributed by atoms with Crippen molar-refractivity contribution in [3.8, 4) is 11.5 Å². The summed E-state index contributed by atoms with van der Waals surface area (Å²) < 4.78 is 10.5. The van der Waals surface area contributed by atoms with Crippen molar-refractivity contribution < 1.29 is 23.9 Å². The van der Waals surface area contributed by atoms with Crippen LogP contribution in [0.2, 0.25) is 0 Å². The molecule has 2 aliphatic rings. The molecule has 1 aromatic rings. The average Bonchev–Trinajstić information content (AvgIpc) is 3.15. The molecule has 2 fully saturated rings. The van der Waals surface area contributed by atoms with Crippen molar-refractivity contribution in [3.05, 3.63) is 23.8 Å². The highest BCUT2D eigenvalue weighted by atomic mass is 16.5. The number of likely N-dealkylation sites (tertiary alicyclic amines) is 2. The standard InChI is InChI=1S/C23H33N3O5/c1-23(2,3)26-14-16(13-20(26)27)21(28)24-17-8-10-25(11-9-17)22(29)15-6-7-18(30-4)19(12-15)31-5/h6-7,12,16-17H,8-11,13-14H2,1-5H3,(H,24,28). The first-order valence-electron chi connectivity index (χ1n) is 10.8. The monoisotopic (exact) mass is 431 g/mol. The Labute approximate surface area is 183 Å². The molecule has 3 amide bonds. The van der Waals surface area contributed by atoms with Gasteiger partial charge in [-0.05, 0) is 51.8 Å². The molecule has 8 heteroatoms. The molecule has 3 rings (SSSR count). The summed E-state index contributed by atoms with van der Waals surface area (Å²) >= 11 is 0. The van der Waals surface area contributed by atoms with Crippen LogP contribution in [0.4, 0.5) is 0 Å². The summed E-state index contributed by atoms with van der Waals surface area (Å²) in [5.74, 6) is 0.695. The van der Waals surface area contributed by atoms with E-state index in [1.807, 2.05) is 20.8 Å². The molecule has 8 nitrogen and oxygen atoms in total. The number of nitrogens with zero attached hydrogens (tertiary/aromatic N) is 2. The maximum absolute atomic E-state index is 12.9. The third kappa shape index (κ3) is 5.11. The van der Waals surface area contributed by atoms with E-state index in [0.29, 0.717) is 49.5 Å². The number of piperidine rings is 1. The molecular formula is C23H33N3O5. The van der Waals surface area contributed by atoms with E-state index in [1.54, 1.807) is 42.2 Å². The molecule has 0 saturated carbocycles. The summed E-state index contributed by atoms with van der Waals surface area (Å²) in [4.78, 5) is 41.4. The average molecular weight is 432 g/mol. The van der Waals surface area contributed by atoms with Gasteiger partial charge in [0.2, 0.25) is 11.8 Å². The fraction of sp³-hybridized carbons (Fsp3) is 0.609. The zero-order valence-electron chi connectivity index (χ0n) is 19.1. The predicted octanol–water partition coefficient (Wildman–Crippen LogP) is 2.07. The Kier molecular flexibility index (Phi) is 6.77. The van der Waals surface area contributed by atoms with E-state index in [1.165, 1.54) is 0 Å². The largest absolute Gasteiger partial charge is 0.493 e. The van der Waals surface area contributed by atoms with E-state index >= 15 is 0 Å². The van der Waals surface area contributed by atoms with Crippen LogP contribution in [0.3, 0.4) is 0 Å². The molecule has 1 aromatic carbocycles. The van der Waals surface area contributed by atoms with Crippen molar-refractivity contribution in [2.75, 3.05) is 33.9 Å². The van der Waals surface area contributed by atoms with Gasteiger partial charge in [-0.3, -0.25) is 14.4 Å². The lowest BCUT2D eigenvalue weighted by atomic mass is 10.0. The third-order valence-corrected chi connectivity index (χ3v) is 6.06. The number of hydrogen-bond acceptors (Lipinski definition) is 5. The SMILES string of the molecule is COc1ccc(C(=O)N2CCC(NC(=O)C3CC(=O)N(C(C)(C)C)C3)CC2)cc1OC. The van der Waals surface area contributed by atoms with Crippen molar-refractivity contribution in [2.24, 2.45) is 5.92 Å². The second kappa shape index (κ2) is 9.16. The molecule has 1 N–H and O–H groups in total. The molecule has 0 bridgehead atoms. The lowest BCUT2D eigenvalue weighted by Gasteiger charge is -2.33. The normalized spacial score (nSPS) is 20.0. The van der Waals surface area contributed by atoms with Gasteiger partial charge in [-0.2, -0.15) is 0 Å². The van der Waals surface area contributed by atoms with E-state index in [2.05, 4.69) is 5.32 Å². The summed E-state index contributed by atoms with van der Waals surface area (Å²) in [6, 6.07) is 5.16. The molecule has 2 aliphatic heterocycles. The van der Waals surface area contributed by atoms with Crippen LogP contribution in [-0.4, -0.2) is 73.0 Å². The van der Waals surface area contributed by atoms with Gasteiger partial charge in [0.15, 0.2) is 11.5 Å². The van der Waals surface area contributed by atoms with Gasteiger partial charge in [-0.15, -0.1) is 0 Å². The van der Waals surface area contributed by atoms with Crippen LogP contribution < -0.4 is 14.8 Å². The number of carbonyl (C=O) groups excluding carboxylic acids is 3. The van der Waals surface area contributed by atoms with E-state index in [9.17, 15) is 14.4 Å². The molecule has 0 aliphatic carbocycles.